The molecular weight excluding hydrogens is 190 g/mol. The lowest BCUT2D eigenvalue weighted by Gasteiger charge is -2.25. The van der Waals surface area contributed by atoms with E-state index in [1.54, 1.807) is 0 Å². The number of nitrogens with one attached hydrogen (secondary N) is 1. The number of rotatable bonds is 6. The summed E-state index contributed by atoms with van der Waals surface area (Å²) in [4.78, 5) is 12.9. The molecule has 0 unspecified atom stereocenters. The summed E-state index contributed by atoms with van der Waals surface area (Å²) in [6.07, 6.45) is 3.74. The maximum absolute atomic E-state index is 10.8. The molecule has 0 aromatic carbocycles. The Kier molecular flexibility index (Phi) is 5.65. The van der Waals surface area contributed by atoms with Crippen molar-refractivity contribution < 1.29 is 4.79 Å². The van der Waals surface area contributed by atoms with Gasteiger partial charge in [0.05, 0.1) is 6.54 Å². The summed E-state index contributed by atoms with van der Waals surface area (Å²) in [6.45, 7) is 6.68. The summed E-state index contributed by atoms with van der Waals surface area (Å²) in [7, 11) is 0. The first kappa shape index (κ1) is 12.5. The molecule has 0 atom stereocenters. The van der Waals surface area contributed by atoms with Crippen molar-refractivity contribution in [3.63, 3.8) is 0 Å². The first-order valence-electron chi connectivity index (χ1n) is 5.93. The van der Waals surface area contributed by atoms with Gasteiger partial charge < -0.3 is 11.1 Å². The van der Waals surface area contributed by atoms with Crippen molar-refractivity contribution in [2.75, 3.05) is 32.7 Å². The van der Waals surface area contributed by atoms with Crippen LogP contribution >= 0.6 is 0 Å². The molecule has 0 bridgehead atoms. The highest BCUT2D eigenvalue weighted by Gasteiger charge is 2.14. The van der Waals surface area contributed by atoms with Gasteiger partial charge in [0.15, 0.2) is 0 Å². The van der Waals surface area contributed by atoms with Gasteiger partial charge in [-0.2, -0.15) is 0 Å². The topological polar surface area (TPSA) is 58.4 Å². The van der Waals surface area contributed by atoms with Gasteiger partial charge in [-0.25, -0.2) is 0 Å². The molecule has 1 fully saturated rings. The second-order valence-corrected chi connectivity index (χ2v) is 4.32. The Balaban J connectivity index is 2.17. The van der Waals surface area contributed by atoms with Crippen LogP contribution in [-0.4, -0.2) is 43.5 Å². The Morgan fingerprint density at radius 2 is 2.13 bits per heavy atom. The van der Waals surface area contributed by atoms with Crippen LogP contribution in [-0.2, 0) is 4.79 Å². The molecule has 4 nitrogen and oxygen atoms in total. The van der Waals surface area contributed by atoms with Gasteiger partial charge in [0.1, 0.15) is 0 Å². The molecule has 1 heterocycles. The van der Waals surface area contributed by atoms with E-state index < -0.39 is 0 Å². The summed E-state index contributed by atoms with van der Waals surface area (Å²) < 4.78 is 0. The smallest absolute Gasteiger partial charge is 0.231 e. The minimum Gasteiger partial charge on any atom is -0.369 e. The highest BCUT2D eigenvalue weighted by molar-refractivity contribution is 5.75. The Morgan fingerprint density at radius 3 is 2.67 bits per heavy atom. The molecule has 88 valence electrons. The maximum Gasteiger partial charge on any atom is 0.231 e. The van der Waals surface area contributed by atoms with E-state index in [9.17, 15) is 4.79 Å². The number of primary amides is 1. The first-order chi connectivity index (χ1) is 7.22. The zero-order valence-electron chi connectivity index (χ0n) is 9.67. The van der Waals surface area contributed by atoms with E-state index in [0.29, 0.717) is 6.54 Å². The molecule has 4 heteroatoms. The fraction of sp³-hybridized carbons (Fsp3) is 0.909. The third-order valence-corrected chi connectivity index (χ3v) is 3.14. The molecule has 0 spiro atoms. The summed E-state index contributed by atoms with van der Waals surface area (Å²) in [6, 6.07) is 0. The number of carbonyl (C=O) groups excluding carboxylic acids is 1. The van der Waals surface area contributed by atoms with Crippen LogP contribution in [0.3, 0.4) is 0 Å². The van der Waals surface area contributed by atoms with Crippen LogP contribution in [0.15, 0.2) is 0 Å². The van der Waals surface area contributed by atoms with Gasteiger partial charge in [0, 0.05) is 0 Å². The average Bonchev–Trinajstić information content (AvgIpc) is 2.25. The Morgan fingerprint density at radius 1 is 1.47 bits per heavy atom. The lowest BCUT2D eigenvalue weighted by molar-refractivity contribution is -0.119. The molecule has 1 amide bonds. The molecule has 0 aliphatic carbocycles. The van der Waals surface area contributed by atoms with Crippen LogP contribution in [0.5, 0.6) is 0 Å². The van der Waals surface area contributed by atoms with Gasteiger partial charge >= 0.3 is 0 Å². The predicted octanol–water partition coefficient (Wildman–Crippen LogP) is 0.183. The Labute approximate surface area is 92.2 Å². The van der Waals surface area contributed by atoms with Gasteiger partial charge in [-0.05, 0) is 51.4 Å². The van der Waals surface area contributed by atoms with Crippen molar-refractivity contribution in [1.29, 1.82) is 0 Å². The Hall–Kier alpha value is -0.610. The molecule has 1 aliphatic rings. The number of amides is 1. The van der Waals surface area contributed by atoms with Gasteiger partial charge in [0.2, 0.25) is 5.91 Å². The molecule has 1 saturated heterocycles. The zero-order valence-corrected chi connectivity index (χ0v) is 9.67. The number of nitrogens with zero attached hydrogens (tertiary/aromatic N) is 1. The monoisotopic (exact) mass is 213 g/mol. The zero-order chi connectivity index (χ0) is 11.1. The Bertz CT molecular complexity index is 190. The van der Waals surface area contributed by atoms with Crippen molar-refractivity contribution in [2.24, 2.45) is 11.7 Å². The molecule has 0 radical (unpaired) electrons. The van der Waals surface area contributed by atoms with E-state index in [4.69, 9.17) is 5.73 Å². The largest absolute Gasteiger partial charge is 0.369 e. The number of likely N-dealkylation sites (N-methyl/N-ethyl adjacent to an activating group) is 1. The van der Waals surface area contributed by atoms with E-state index in [0.717, 1.165) is 32.1 Å². The quantitative estimate of drug-likeness (QED) is 0.662. The van der Waals surface area contributed by atoms with Crippen LogP contribution in [0, 0.1) is 5.92 Å². The normalized spacial score (nSPS) is 18.3. The van der Waals surface area contributed by atoms with E-state index in [-0.39, 0.29) is 5.91 Å². The number of hydrogen-bond acceptors (Lipinski definition) is 3. The van der Waals surface area contributed by atoms with E-state index >= 15 is 0 Å². The minimum atomic E-state index is -0.220. The molecule has 1 aliphatic heterocycles. The number of piperidine rings is 1. The minimum absolute atomic E-state index is 0.220. The van der Waals surface area contributed by atoms with Crippen LogP contribution < -0.4 is 11.1 Å². The third-order valence-electron chi connectivity index (χ3n) is 3.14. The van der Waals surface area contributed by atoms with Crippen LogP contribution in [0.4, 0.5) is 0 Å². The summed E-state index contributed by atoms with van der Waals surface area (Å²) in [5.41, 5.74) is 5.19. The number of carbonyl (C=O) groups is 1. The van der Waals surface area contributed by atoms with Crippen LogP contribution in [0.25, 0.3) is 0 Å². The van der Waals surface area contributed by atoms with E-state index in [1.807, 2.05) is 0 Å². The van der Waals surface area contributed by atoms with Crippen molar-refractivity contribution >= 4 is 5.91 Å². The average molecular weight is 213 g/mol. The second-order valence-electron chi connectivity index (χ2n) is 4.32. The van der Waals surface area contributed by atoms with E-state index in [1.165, 1.54) is 19.3 Å². The standard InChI is InChI=1S/C11H23N3O/c1-2-14(9-11(12)15)8-5-10-3-6-13-7-4-10/h10,13H,2-9H2,1H3,(H2,12,15). The van der Waals surface area contributed by atoms with Crippen molar-refractivity contribution in [3.05, 3.63) is 0 Å². The molecule has 3 N–H and O–H groups in total. The number of hydrogen-bond donors (Lipinski definition) is 2. The maximum atomic E-state index is 10.8. The lowest BCUT2D eigenvalue weighted by atomic mass is 9.94. The predicted molar refractivity (Wildman–Crippen MR) is 61.5 cm³/mol. The highest BCUT2D eigenvalue weighted by Crippen LogP contribution is 2.16. The van der Waals surface area contributed by atoms with Crippen molar-refractivity contribution in [2.45, 2.75) is 26.2 Å². The molecular formula is C11H23N3O. The summed E-state index contributed by atoms with van der Waals surface area (Å²) >= 11 is 0. The van der Waals surface area contributed by atoms with Gasteiger partial charge in [0.25, 0.3) is 0 Å². The van der Waals surface area contributed by atoms with Crippen molar-refractivity contribution in [1.82, 2.24) is 10.2 Å². The first-order valence-corrected chi connectivity index (χ1v) is 5.93. The van der Waals surface area contributed by atoms with Crippen molar-refractivity contribution in [3.8, 4) is 0 Å². The fourth-order valence-corrected chi connectivity index (χ4v) is 2.10. The van der Waals surface area contributed by atoms with Crippen LogP contribution in [0.2, 0.25) is 0 Å². The van der Waals surface area contributed by atoms with E-state index in [2.05, 4.69) is 17.1 Å². The second kappa shape index (κ2) is 6.80. The lowest BCUT2D eigenvalue weighted by Crippen LogP contribution is -2.36. The fourth-order valence-electron chi connectivity index (χ4n) is 2.10. The van der Waals surface area contributed by atoms with Gasteiger partial charge in [-0.1, -0.05) is 6.92 Å². The molecule has 0 aromatic rings. The summed E-state index contributed by atoms with van der Waals surface area (Å²) in [5.74, 6) is 0.607. The van der Waals surface area contributed by atoms with Gasteiger partial charge in [-0.3, -0.25) is 9.69 Å². The molecule has 0 aromatic heterocycles. The SMILES string of the molecule is CCN(CCC1CCNCC1)CC(N)=O. The van der Waals surface area contributed by atoms with Gasteiger partial charge in [-0.15, -0.1) is 0 Å². The molecule has 15 heavy (non-hydrogen) atoms. The third kappa shape index (κ3) is 5.14. The van der Waals surface area contributed by atoms with Crippen LogP contribution in [0.1, 0.15) is 26.2 Å². The number of nitrogens with two attached hydrogens (primary N) is 1. The summed E-state index contributed by atoms with van der Waals surface area (Å²) in [5, 5.41) is 3.36. The molecule has 1 rings (SSSR count). The molecule has 0 saturated carbocycles. The highest BCUT2D eigenvalue weighted by atomic mass is 16.1.